The molecule has 1 atom stereocenters. The maximum absolute atomic E-state index is 11.9. The molecule has 1 aliphatic rings. The van der Waals surface area contributed by atoms with E-state index in [2.05, 4.69) is 15.2 Å². The summed E-state index contributed by atoms with van der Waals surface area (Å²) in [6, 6.07) is 9.70. The summed E-state index contributed by atoms with van der Waals surface area (Å²) in [5, 5.41) is 7.24. The van der Waals surface area contributed by atoms with Gasteiger partial charge in [-0.15, -0.1) is 0 Å². The lowest BCUT2D eigenvalue weighted by Crippen LogP contribution is -2.38. The fraction of sp³-hybridized carbons (Fsp3) is 0.400. The number of aromatic amines is 1. The number of benzene rings is 1. The van der Waals surface area contributed by atoms with Gasteiger partial charge in [0.1, 0.15) is 5.82 Å². The zero-order valence-corrected chi connectivity index (χ0v) is 12.0. The maximum Gasteiger partial charge on any atom is 0.410 e. The molecule has 1 saturated heterocycles. The van der Waals surface area contributed by atoms with Crippen LogP contribution in [0.5, 0.6) is 0 Å². The average Bonchev–Trinajstić information content (AvgIpc) is 3.05. The standard InChI is InChI=1S/C15H18N4O2/c1-21-15(20)19-10-6-5-9-12(19)14-16-13(17-18-14)11-7-3-2-4-8-11/h2-4,7-8,12H,5-6,9-10H2,1H3,(H,16,17,18). The van der Waals surface area contributed by atoms with Gasteiger partial charge in [-0.05, 0) is 19.3 Å². The first-order valence-electron chi connectivity index (χ1n) is 7.12. The van der Waals surface area contributed by atoms with Crippen molar-refractivity contribution in [3.63, 3.8) is 0 Å². The smallest absolute Gasteiger partial charge is 0.410 e. The number of methoxy groups -OCH3 is 1. The number of piperidine rings is 1. The molecule has 1 aromatic carbocycles. The number of H-pyrrole nitrogens is 1. The summed E-state index contributed by atoms with van der Waals surface area (Å²) in [4.78, 5) is 18.1. The first kappa shape index (κ1) is 13.6. The number of nitrogens with one attached hydrogen (secondary N) is 1. The van der Waals surface area contributed by atoms with E-state index in [0.29, 0.717) is 12.4 Å². The number of amides is 1. The summed E-state index contributed by atoms with van der Waals surface area (Å²) in [6.07, 6.45) is 2.63. The molecule has 6 heteroatoms. The Morgan fingerprint density at radius 2 is 2.14 bits per heavy atom. The molecule has 0 aliphatic carbocycles. The van der Waals surface area contributed by atoms with E-state index in [0.717, 1.165) is 30.7 Å². The van der Waals surface area contributed by atoms with Crippen LogP contribution in [0.2, 0.25) is 0 Å². The summed E-state index contributed by atoms with van der Waals surface area (Å²) in [5.41, 5.74) is 0.959. The Morgan fingerprint density at radius 1 is 1.33 bits per heavy atom. The lowest BCUT2D eigenvalue weighted by molar-refractivity contribution is 0.0870. The SMILES string of the molecule is COC(=O)N1CCCCC1c1nc(-c2ccccc2)n[nH]1. The number of nitrogens with zero attached hydrogens (tertiary/aromatic N) is 3. The number of rotatable bonds is 2. The molecule has 1 amide bonds. The number of aromatic nitrogens is 3. The van der Waals surface area contributed by atoms with Crippen LogP contribution in [0.25, 0.3) is 11.4 Å². The van der Waals surface area contributed by atoms with Gasteiger partial charge in [-0.2, -0.15) is 5.10 Å². The Morgan fingerprint density at radius 3 is 2.90 bits per heavy atom. The van der Waals surface area contributed by atoms with Gasteiger partial charge in [0.25, 0.3) is 0 Å². The zero-order valence-electron chi connectivity index (χ0n) is 12.0. The third-order valence-corrected chi connectivity index (χ3v) is 3.76. The van der Waals surface area contributed by atoms with Crippen molar-refractivity contribution in [1.29, 1.82) is 0 Å². The molecule has 3 rings (SSSR count). The van der Waals surface area contributed by atoms with Crippen LogP contribution in [0.15, 0.2) is 30.3 Å². The van der Waals surface area contributed by atoms with Crippen molar-refractivity contribution in [2.45, 2.75) is 25.3 Å². The van der Waals surface area contributed by atoms with Crippen LogP contribution in [0.1, 0.15) is 31.1 Å². The van der Waals surface area contributed by atoms with E-state index >= 15 is 0 Å². The van der Waals surface area contributed by atoms with Crippen LogP contribution in [0.4, 0.5) is 4.79 Å². The van der Waals surface area contributed by atoms with Crippen LogP contribution in [-0.2, 0) is 4.74 Å². The van der Waals surface area contributed by atoms with E-state index < -0.39 is 0 Å². The Balaban J connectivity index is 1.86. The van der Waals surface area contributed by atoms with Crippen LogP contribution in [-0.4, -0.2) is 39.8 Å². The quantitative estimate of drug-likeness (QED) is 0.921. The van der Waals surface area contributed by atoms with Crippen LogP contribution in [0, 0.1) is 0 Å². The second-order valence-electron chi connectivity index (χ2n) is 5.09. The van der Waals surface area contributed by atoms with Crippen LogP contribution >= 0.6 is 0 Å². The molecule has 2 aromatic rings. The fourth-order valence-corrected chi connectivity index (χ4v) is 2.69. The highest BCUT2D eigenvalue weighted by molar-refractivity contribution is 5.68. The third kappa shape index (κ3) is 2.74. The molecule has 1 aliphatic heterocycles. The first-order chi connectivity index (χ1) is 10.3. The number of hydrogen-bond donors (Lipinski definition) is 1. The van der Waals surface area contributed by atoms with Crippen molar-refractivity contribution in [3.8, 4) is 11.4 Å². The molecule has 2 heterocycles. The Labute approximate surface area is 123 Å². The van der Waals surface area contributed by atoms with Gasteiger partial charge >= 0.3 is 6.09 Å². The van der Waals surface area contributed by atoms with Crippen molar-refractivity contribution in [3.05, 3.63) is 36.2 Å². The molecule has 0 saturated carbocycles. The minimum atomic E-state index is -0.308. The number of likely N-dealkylation sites (tertiary alicyclic amines) is 1. The number of ether oxygens (including phenoxy) is 1. The van der Waals surface area contributed by atoms with E-state index in [4.69, 9.17) is 4.74 Å². The van der Waals surface area contributed by atoms with Crippen molar-refractivity contribution >= 4 is 6.09 Å². The first-order valence-corrected chi connectivity index (χ1v) is 7.12. The second-order valence-corrected chi connectivity index (χ2v) is 5.09. The predicted molar refractivity (Wildman–Crippen MR) is 77.5 cm³/mol. The molecule has 110 valence electrons. The van der Waals surface area contributed by atoms with Gasteiger partial charge in [-0.1, -0.05) is 30.3 Å². The lowest BCUT2D eigenvalue weighted by atomic mass is 10.0. The van der Waals surface area contributed by atoms with E-state index in [9.17, 15) is 4.79 Å². The average molecular weight is 286 g/mol. The predicted octanol–water partition coefficient (Wildman–Crippen LogP) is 2.77. The van der Waals surface area contributed by atoms with Crippen molar-refractivity contribution in [2.75, 3.05) is 13.7 Å². The van der Waals surface area contributed by atoms with E-state index in [1.54, 1.807) is 4.90 Å². The summed E-state index contributed by atoms with van der Waals surface area (Å²) in [5.74, 6) is 1.37. The highest BCUT2D eigenvalue weighted by atomic mass is 16.5. The van der Waals surface area contributed by atoms with Crippen molar-refractivity contribution < 1.29 is 9.53 Å². The van der Waals surface area contributed by atoms with E-state index in [1.807, 2.05) is 30.3 Å². The largest absolute Gasteiger partial charge is 0.453 e. The molecule has 21 heavy (non-hydrogen) atoms. The van der Waals surface area contributed by atoms with E-state index in [1.165, 1.54) is 7.11 Å². The maximum atomic E-state index is 11.9. The van der Waals surface area contributed by atoms with Gasteiger partial charge in [-0.3, -0.25) is 10.00 Å². The molecule has 0 radical (unpaired) electrons. The fourth-order valence-electron chi connectivity index (χ4n) is 2.69. The summed E-state index contributed by atoms with van der Waals surface area (Å²) in [6.45, 7) is 0.693. The van der Waals surface area contributed by atoms with Crippen molar-refractivity contribution in [2.24, 2.45) is 0 Å². The Bertz CT molecular complexity index is 611. The summed E-state index contributed by atoms with van der Waals surface area (Å²) in [7, 11) is 1.41. The van der Waals surface area contributed by atoms with Gasteiger partial charge in [0.15, 0.2) is 5.82 Å². The monoisotopic (exact) mass is 286 g/mol. The molecule has 1 N–H and O–H groups in total. The van der Waals surface area contributed by atoms with Gasteiger partial charge < -0.3 is 4.74 Å². The molecule has 0 spiro atoms. The van der Waals surface area contributed by atoms with Gasteiger partial charge in [0, 0.05) is 12.1 Å². The molecular weight excluding hydrogens is 268 g/mol. The summed E-state index contributed by atoms with van der Waals surface area (Å²) >= 11 is 0. The molecule has 1 unspecified atom stereocenters. The number of carbonyl (C=O) groups excluding carboxylic acids is 1. The minimum Gasteiger partial charge on any atom is -0.453 e. The van der Waals surface area contributed by atoms with Crippen LogP contribution in [0.3, 0.4) is 0 Å². The summed E-state index contributed by atoms with van der Waals surface area (Å²) < 4.78 is 4.86. The Kier molecular flexibility index (Phi) is 3.85. The highest BCUT2D eigenvalue weighted by Gasteiger charge is 2.31. The second kappa shape index (κ2) is 5.95. The minimum absolute atomic E-state index is 0.0869. The topological polar surface area (TPSA) is 71.1 Å². The molecular formula is C15H18N4O2. The van der Waals surface area contributed by atoms with Gasteiger partial charge in [0.05, 0.1) is 13.2 Å². The third-order valence-electron chi connectivity index (χ3n) is 3.76. The van der Waals surface area contributed by atoms with Gasteiger partial charge in [0.2, 0.25) is 0 Å². The van der Waals surface area contributed by atoms with Crippen molar-refractivity contribution in [1.82, 2.24) is 20.1 Å². The zero-order chi connectivity index (χ0) is 14.7. The lowest BCUT2D eigenvalue weighted by Gasteiger charge is -2.32. The van der Waals surface area contributed by atoms with E-state index in [-0.39, 0.29) is 12.1 Å². The highest BCUT2D eigenvalue weighted by Crippen LogP contribution is 2.30. The molecule has 1 fully saturated rings. The van der Waals surface area contributed by atoms with Gasteiger partial charge in [-0.25, -0.2) is 9.78 Å². The Hall–Kier alpha value is -2.37. The molecule has 6 nitrogen and oxygen atoms in total. The molecule has 1 aromatic heterocycles. The normalized spacial score (nSPS) is 18.5. The molecule has 0 bridgehead atoms. The van der Waals surface area contributed by atoms with Crippen LogP contribution < -0.4 is 0 Å². The number of carbonyl (C=O) groups is 1. The number of hydrogen-bond acceptors (Lipinski definition) is 4.